The number of aromatic amines is 1. The molecule has 44 valence electrons. The van der Waals surface area contributed by atoms with Gasteiger partial charge in [0.1, 0.15) is 10.4 Å². The van der Waals surface area contributed by atoms with Crippen molar-refractivity contribution in [1.29, 1.82) is 0 Å². The summed E-state index contributed by atoms with van der Waals surface area (Å²) in [6, 6.07) is 0. The number of nitrogens with zero attached hydrogens (tertiary/aromatic N) is 1. The molecule has 0 unspecified atom stereocenters. The van der Waals surface area contributed by atoms with Crippen LogP contribution in [0, 0.1) is 0 Å². The number of nitrogens with one attached hydrogen (secondary N) is 1. The smallest absolute Gasteiger partial charge is 0.106 e. The fourth-order valence-corrected chi connectivity index (χ4v) is 0.653. The second-order valence-corrected chi connectivity index (χ2v) is 2.06. The van der Waals surface area contributed by atoms with Crippen LogP contribution in [0.15, 0.2) is 10.8 Å². The third-order valence-electron chi connectivity index (χ3n) is 0.663. The second-order valence-electron chi connectivity index (χ2n) is 1.20. The molecular weight excluding hydrogens is 168 g/mol. The maximum Gasteiger partial charge on any atom is 0.106 e. The Labute approximate surface area is 63.5 Å². The van der Waals surface area contributed by atoms with Crippen LogP contribution >= 0.6 is 15.9 Å². The molecule has 0 radical (unpaired) electrons. The molecule has 0 aliphatic carbocycles. The summed E-state index contributed by atoms with van der Waals surface area (Å²) < 4.78 is 36.0. The van der Waals surface area contributed by atoms with Gasteiger partial charge in [-0.3, -0.25) is 0 Å². The molecule has 0 saturated carbocycles. The molecule has 0 atom stereocenters. The Morgan fingerprint density at radius 3 is 3.62 bits per heavy atom. The number of imidazole rings is 1. The third kappa shape index (κ3) is 1.10. The number of H-pyrrole nitrogens is 1. The fraction of sp³-hybridized carbons (Fsp3) is 0.400. The maximum absolute atomic E-state index is 7.32. The van der Waals surface area contributed by atoms with Gasteiger partial charge < -0.3 is 4.98 Å². The maximum atomic E-state index is 7.32. The minimum Gasteiger partial charge on any atom is -0.337 e. The summed E-state index contributed by atoms with van der Waals surface area (Å²) in [5.41, 5.74) is 0. The van der Waals surface area contributed by atoms with Crippen LogP contribution in [0.2, 0.25) is 0 Å². The summed E-state index contributed by atoms with van der Waals surface area (Å²) in [6.07, 6.45) is -1.13. The number of hydrogen-bond donors (Lipinski definition) is 1. The van der Waals surface area contributed by atoms with E-state index >= 15 is 0 Å². The SMILES string of the molecule is [2H]C([2H])([2H])C([2H])([2H])c1ncc(Br)[nH]1. The number of rotatable bonds is 1. The van der Waals surface area contributed by atoms with Crippen LogP contribution in [0.1, 0.15) is 19.5 Å². The molecule has 8 heavy (non-hydrogen) atoms. The van der Waals surface area contributed by atoms with Gasteiger partial charge in [-0.1, -0.05) is 6.85 Å². The predicted molar refractivity (Wildman–Crippen MR) is 35.7 cm³/mol. The van der Waals surface area contributed by atoms with Crippen molar-refractivity contribution in [3.8, 4) is 0 Å². The highest BCUT2D eigenvalue weighted by Gasteiger charge is 1.90. The molecule has 2 nitrogen and oxygen atoms in total. The van der Waals surface area contributed by atoms with Gasteiger partial charge >= 0.3 is 0 Å². The average molecular weight is 180 g/mol. The minimum absolute atomic E-state index is 0.195. The molecule has 1 rings (SSSR count). The van der Waals surface area contributed by atoms with E-state index in [1.807, 2.05) is 0 Å². The average Bonchev–Trinajstić information content (AvgIpc) is 2.33. The molecule has 0 spiro atoms. The zero-order valence-electron chi connectivity index (χ0n) is 8.90. The van der Waals surface area contributed by atoms with Gasteiger partial charge in [-0.15, -0.1) is 0 Å². The van der Waals surface area contributed by atoms with Gasteiger partial charge in [0.15, 0.2) is 0 Å². The molecule has 0 aromatic carbocycles. The monoisotopic (exact) mass is 179 g/mol. The highest BCUT2D eigenvalue weighted by Crippen LogP contribution is 2.04. The summed E-state index contributed by atoms with van der Waals surface area (Å²) in [4.78, 5) is 6.11. The third-order valence-corrected chi connectivity index (χ3v) is 1.07. The first-order valence-electron chi connectivity index (χ1n) is 4.46. The summed E-state index contributed by atoms with van der Waals surface area (Å²) in [7, 11) is 0. The zero-order valence-corrected chi connectivity index (χ0v) is 5.49. The molecule has 0 aliphatic heterocycles. The normalized spacial score (nSPS) is 22.4. The molecule has 1 aromatic heterocycles. The van der Waals surface area contributed by atoms with Crippen molar-refractivity contribution < 1.29 is 6.85 Å². The second kappa shape index (κ2) is 2.31. The van der Waals surface area contributed by atoms with E-state index in [4.69, 9.17) is 6.85 Å². The quantitative estimate of drug-likeness (QED) is 0.700. The van der Waals surface area contributed by atoms with Gasteiger partial charge in [-0.2, -0.15) is 0 Å². The molecular formula is C5H7BrN2. The largest absolute Gasteiger partial charge is 0.337 e. The van der Waals surface area contributed by atoms with E-state index in [1.165, 1.54) is 6.20 Å². The van der Waals surface area contributed by atoms with Crippen molar-refractivity contribution >= 4 is 15.9 Å². The molecule has 1 N–H and O–H groups in total. The van der Waals surface area contributed by atoms with E-state index in [-0.39, 0.29) is 5.82 Å². The Morgan fingerprint density at radius 2 is 3.12 bits per heavy atom. The number of aryl methyl sites for hydroxylation is 1. The standard InChI is InChI=1S/C5H7BrN2/c1-2-5-7-3-4(6)8-5/h3H,2H2,1H3,(H,7,8)/i1D3,2D2. The summed E-state index contributed by atoms with van der Waals surface area (Å²) in [5, 5.41) is 0. The lowest BCUT2D eigenvalue weighted by atomic mass is 10.5. The van der Waals surface area contributed by atoms with Gasteiger partial charge in [0.25, 0.3) is 0 Å². The van der Waals surface area contributed by atoms with Gasteiger partial charge in [-0.05, 0) is 15.9 Å². The van der Waals surface area contributed by atoms with Crippen molar-refractivity contribution in [2.45, 2.75) is 13.2 Å². The first-order valence-corrected chi connectivity index (χ1v) is 2.75. The molecule has 1 heterocycles. The Kier molecular flexibility index (Phi) is 0.616. The van der Waals surface area contributed by atoms with Crippen LogP contribution < -0.4 is 0 Å². The van der Waals surface area contributed by atoms with Gasteiger partial charge in [-0.25, -0.2) is 4.98 Å². The molecule has 0 fully saturated rings. The summed E-state index contributed by atoms with van der Waals surface area (Å²) in [5.74, 6) is -0.195. The van der Waals surface area contributed by atoms with Crippen LogP contribution in [0.3, 0.4) is 0 Å². The summed E-state index contributed by atoms with van der Waals surface area (Å²) in [6.45, 7) is -2.72. The first-order chi connectivity index (χ1) is 5.75. The van der Waals surface area contributed by atoms with E-state index in [0.29, 0.717) is 4.60 Å². The van der Waals surface area contributed by atoms with Gasteiger partial charge in [0, 0.05) is 13.2 Å². The molecule has 0 bridgehead atoms. The van der Waals surface area contributed by atoms with E-state index in [9.17, 15) is 0 Å². The van der Waals surface area contributed by atoms with E-state index in [0.717, 1.165) is 0 Å². The van der Waals surface area contributed by atoms with Gasteiger partial charge in [0.05, 0.1) is 6.20 Å². The van der Waals surface area contributed by atoms with Crippen molar-refractivity contribution in [1.82, 2.24) is 9.97 Å². The lowest BCUT2D eigenvalue weighted by Crippen LogP contribution is -1.79. The van der Waals surface area contributed by atoms with Crippen LogP contribution in [-0.4, -0.2) is 9.97 Å². The first kappa shape index (κ1) is 2.14. The number of hydrogen-bond acceptors (Lipinski definition) is 1. The highest BCUT2D eigenvalue weighted by molar-refractivity contribution is 9.10. The lowest BCUT2D eigenvalue weighted by Gasteiger charge is -1.81. The van der Waals surface area contributed by atoms with Crippen LogP contribution in [0.25, 0.3) is 0 Å². The Hall–Kier alpha value is -0.310. The van der Waals surface area contributed by atoms with E-state index < -0.39 is 13.2 Å². The van der Waals surface area contributed by atoms with Gasteiger partial charge in [0.2, 0.25) is 0 Å². The Balaban J connectivity index is 3.07. The van der Waals surface area contributed by atoms with Crippen molar-refractivity contribution in [2.24, 2.45) is 0 Å². The highest BCUT2D eigenvalue weighted by atomic mass is 79.9. The Morgan fingerprint density at radius 1 is 2.25 bits per heavy atom. The number of aromatic nitrogens is 2. The zero-order chi connectivity index (χ0) is 10.3. The van der Waals surface area contributed by atoms with Crippen molar-refractivity contribution in [2.75, 3.05) is 0 Å². The molecule has 0 saturated heterocycles. The topological polar surface area (TPSA) is 28.7 Å². The minimum atomic E-state index is -2.72. The predicted octanol–water partition coefficient (Wildman–Crippen LogP) is 1.73. The van der Waals surface area contributed by atoms with Crippen molar-refractivity contribution in [3.05, 3.63) is 16.6 Å². The fourth-order valence-electron chi connectivity index (χ4n) is 0.362. The Bertz CT molecular complexity index is 304. The van der Waals surface area contributed by atoms with Crippen LogP contribution in [0.4, 0.5) is 0 Å². The lowest BCUT2D eigenvalue weighted by molar-refractivity contribution is 0.986. The molecule has 0 aliphatic rings. The molecule has 1 aromatic rings. The number of halogens is 1. The van der Waals surface area contributed by atoms with Crippen molar-refractivity contribution in [3.63, 3.8) is 0 Å². The van der Waals surface area contributed by atoms with Crippen LogP contribution in [0.5, 0.6) is 0 Å². The van der Waals surface area contributed by atoms with Crippen LogP contribution in [-0.2, 0) is 6.37 Å². The van der Waals surface area contributed by atoms with E-state index in [1.54, 1.807) is 0 Å². The molecule has 0 amide bonds. The molecule has 3 heteroatoms. The van der Waals surface area contributed by atoms with E-state index in [2.05, 4.69) is 25.9 Å². The summed E-state index contributed by atoms with van der Waals surface area (Å²) >= 11 is 3.02.